The molecule has 5 heteroatoms. The summed E-state index contributed by atoms with van der Waals surface area (Å²) < 4.78 is 5.21. The van der Waals surface area contributed by atoms with Crippen LogP contribution in [0.1, 0.15) is 35.1 Å². The molecule has 0 aromatic heterocycles. The lowest BCUT2D eigenvalue weighted by molar-refractivity contribution is -0.113. The molecule has 31 heavy (non-hydrogen) atoms. The van der Waals surface area contributed by atoms with Crippen molar-refractivity contribution in [2.45, 2.75) is 36.0 Å². The van der Waals surface area contributed by atoms with E-state index in [1.165, 1.54) is 27.6 Å². The van der Waals surface area contributed by atoms with Gasteiger partial charge in [-0.05, 0) is 83.6 Å². The van der Waals surface area contributed by atoms with Gasteiger partial charge in [0.2, 0.25) is 5.91 Å². The summed E-state index contributed by atoms with van der Waals surface area (Å²) in [6.45, 7) is 0. The lowest BCUT2D eigenvalue weighted by Crippen LogP contribution is -2.28. The third-order valence-electron chi connectivity index (χ3n) is 6.64. The van der Waals surface area contributed by atoms with Gasteiger partial charge in [-0.25, -0.2) is 0 Å². The first-order valence-electron chi connectivity index (χ1n) is 10.7. The van der Waals surface area contributed by atoms with E-state index in [1.54, 1.807) is 18.9 Å². The Morgan fingerprint density at radius 2 is 1.68 bits per heavy atom. The average molecular weight is 448 g/mol. The Labute approximate surface area is 190 Å². The van der Waals surface area contributed by atoms with Crippen molar-refractivity contribution in [3.05, 3.63) is 82.9 Å². The van der Waals surface area contributed by atoms with Crippen molar-refractivity contribution in [1.82, 2.24) is 0 Å². The number of ether oxygens (including phenoxy) is 1. The van der Waals surface area contributed by atoms with E-state index in [9.17, 15) is 4.79 Å². The van der Waals surface area contributed by atoms with Gasteiger partial charge in [0.25, 0.3) is 0 Å². The molecule has 0 saturated carbocycles. The fraction of sp³-hybridized carbons (Fsp3) is 0.269. The van der Waals surface area contributed by atoms with Crippen molar-refractivity contribution in [2.75, 3.05) is 18.2 Å². The average Bonchev–Trinajstić information content (AvgIpc) is 3.36. The van der Waals surface area contributed by atoms with Crippen molar-refractivity contribution in [3.63, 3.8) is 0 Å². The fourth-order valence-corrected chi connectivity index (χ4v) is 6.61. The predicted molar refractivity (Wildman–Crippen MR) is 132 cm³/mol. The summed E-state index contributed by atoms with van der Waals surface area (Å²) in [7, 11) is 4.59. The van der Waals surface area contributed by atoms with Gasteiger partial charge in [0.15, 0.2) is 0 Å². The van der Waals surface area contributed by atoms with E-state index in [0.29, 0.717) is 5.75 Å². The summed E-state index contributed by atoms with van der Waals surface area (Å²) in [5, 5.41) is 4.54. The Morgan fingerprint density at radius 3 is 2.39 bits per heavy atom. The Balaban J connectivity index is 1.39. The lowest BCUT2D eigenvalue weighted by Gasteiger charge is -2.30. The maximum atomic E-state index is 12.9. The molecule has 2 aliphatic rings. The summed E-state index contributed by atoms with van der Waals surface area (Å²) in [5.74, 6) is 1.24. The maximum Gasteiger partial charge on any atom is 0.234 e. The molecule has 0 bridgehead atoms. The largest absolute Gasteiger partial charge is 0.497 e. The highest BCUT2D eigenvalue weighted by molar-refractivity contribution is 8.00. The number of thioether (sulfide) groups is 1. The molecule has 1 unspecified atom stereocenters. The standard InChI is InChI=1S/C26H26NO2PS/c1-29-19-8-10-20(11-9-19)31-16-23(28)27-21-6-2-4-17-12-14-26(24(17)21)15-13-18-5-3-7-22(30)25(18)26/h2-11H,12-16,30H2,1H3,(H,27,28)/t26-/m1/s1. The smallest absolute Gasteiger partial charge is 0.234 e. The Morgan fingerprint density at radius 1 is 1.00 bits per heavy atom. The summed E-state index contributed by atoms with van der Waals surface area (Å²) in [4.78, 5) is 13.9. The number of aryl methyl sites for hydroxylation is 2. The molecular formula is C26H26NO2PS. The highest BCUT2D eigenvalue weighted by Gasteiger charge is 2.47. The zero-order chi connectivity index (χ0) is 21.4. The number of carbonyl (C=O) groups excluding carboxylic acids is 1. The van der Waals surface area contributed by atoms with Gasteiger partial charge < -0.3 is 10.1 Å². The number of amides is 1. The van der Waals surface area contributed by atoms with Gasteiger partial charge in [0, 0.05) is 16.0 Å². The molecular weight excluding hydrogens is 421 g/mol. The number of carbonyl (C=O) groups is 1. The summed E-state index contributed by atoms with van der Waals surface area (Å²) >= 11 is 1.54. The van der Waals surface area contributed by atoms with Crippen molar-refractivity contribution in [1.29, 1.82) is 0 Å². The molecule has 0 aliphatic heterocycles. The number of hydrogen-bond donors (Lipinski definition) is 1. The van der Waals surface area contributed by atoms with Gasteiger partial charge in [-0.1, -0.05) is 30.3 Å². The van der Waals surface area contributed by atoms with E-state index in [1.807, 2.05) is 24.3 Å². The second kappa shape index (κ2) is 8.33. The number of hydrogen-bond acceptors (Lipinski definition) is 3. The molecule has 5 rings (SSSR count). The Kier molecular flexibility index (Phi) is 5.54. The molecule has 1 spiro atoms. The summed E-state index contributed by atoms with van der Waals surface area (Å²) in [6.07, 6.45) is 4.41. The quantitative estimate of drug-likeness (QED) is 0.437. The number of anilines is 1. The monoisotopic (exact) mass is 447 g/mol. The van der Waals surface area contributed by atoms with Crippen LogP contribution < -0.4 is 15.4 Å². The summed E-state index contributed by atoms with van der Waals surface area (Å²) in [6, 6.07) is 20.8. The van der Waals surface area contributed by atoms with Crippen LogP contribution in [0.15, 0.2) is 65.6 Å². The fourth-order valence-electron chi connectivity index (χ4n) is 5.34. The number of benzene rings is 3. The van der Waals surface area contributed by atoms with Gasteiger partial charge in [0.1, 0.15) is 5.75 Å². The molecule has 1 N–H and O–H groups in total. The molecule has 0 fully saturated rings. The zero-order valence-corrected chi connectivity index (χ0v) is 19.6. The summed E-state index contributed by atoms with van der Waals surface area (Å²) in [5.41, 5.74) is 6.64. The predicted octanol–water partition coefficient (Wildman–Crippen LogP) is 5.10. The molecule has 0 heterocycles. The van der Waals surface area contributed by atoms with E-state index < -0.39 is 0 Å². The van der Waals surface area contributed by atoms with Crippen LogP contribution >= 0.6 is 21.0 Å². The van der Waals surface area contributed by atoms with Gasteiger partial charge in [0.05, 0.1) is 12.9 Å². The normalized spacial score (nSPS) is 18.6. The van der Waals surface area contributed by atoms with Gasteiger partial charge in [-0.3, -0.25) is 4.79 Å². The van der Waals surface area contributed by atoms with Crippen LogP contribution in [0.2, 0.25) is 0 Å². The van der Waals surface area contributed by atoms with Crippen LogP contribution in [0.25, 0.3) is 0 Å². The maximum absolute atomic E-state index is 12.9. The molecule has 158 valence electrons. The van der Waals surface area contributed by atoms with Crippen molar-refractivity contribution in [2.24, 2.45) is 0 Å². The van der Waals surface area contributed by atoms with Crippen molar-refractivity contribution >= 4 is 37.9 Å². The molecule has 2 aliphatic carbocycles. The second-order valence-electron chi connectivity index (χ2n) is 8.32. The molecule has 2 atom stereocenters. The van der Waals surface area contributed by atoms with E-state index in [2.05, 4.69) is 51.0 Å². The number of fused-ring (bicyclic) bond motifs is 4. The van der Waals surface area contributed by atoms with Gasteiger partial charge >= 0.3 is 0 Å². The SMILES string of the molecule is COc1ccc(SCC(=O)Nc2cccc3c2[C@]2(CCc4cccc(P)c42)CC3)cc1. The Hall–Kier alpha value is -2.29. The third-order valence-corrected chi connectivity index (χ3v) is 8.13. The minimum absolute atomic E-state index is 0.0238. The molecule has 1 amide bonds. The van der Waals surface area contributed by atoms with Crippen LogP contribution in [0.5, 0.6) is 5.75 Å². The first kappa shape index (κ1) is 20.6. The van der Waals surface area contributed by atoms with Crippen molar-refractivity contribution in [3.8, 4) is 5.75 Å². The van der Waals surface area contributed by atoms with Gasteiger partial charge in [-0.15, -0.1) is 21.0 Å². The van der Waals surface area contributed by atoms with E-state index in [-0.39, 0.29) is 11.3 Å². The van der Waals surface area contributed by atoms with E-state index in [0.717, 1.165) is 42.0 Å². The van der Waals surface area contributed by atoms with Crippen LogP contribution in [-0.2, 0) is 23.1 Å². The minimum atomic E-state index is 0.0238. The Bertz CT molecular complexity index is 1140. The van der Waals surface area contributed by atoms with Gasteiger partial charge in [-0.2, -0.15) is 0 Å². The zero-order valence-electron chi connectivity index (χ0n) is 17.6. The molecule has 3 nitrogen and oxygen atoms in total. The first-order chi connectivity index (χ1) is 15.1. The van der Waals surface area contributed by atoms with E-state index in [4.69, 9.17) is 4.74 Å². The van der Waals surface area contributed by atoms with Crippen molar-refractivity contribution < 1.29 is 9.53 Å². The highest BCUT2D eigenvalue weighted by atomic mass is 32.2. The molecule has 0 saturated heterocycles. The highest BCUT2D eigenvalue weighted by Crippen LogP contribution is 2.54. The van der Waals surface area contributed by atoms with Crippen LogP contribution in [-0.4, -0.2) is 18.8 Å². The van der Waals surface area contributed by atoms with Crippen LogP contribution in [0.3, 0.4) is 0 Å². The number of methoxy groups -OCH3 is 1. The third kappa shape index (κ3) is 3.66. The lowest BCUT2D eigenvalue weighted by atomic mass is 9.76. The van der Waals surface area contributed by atoms with Crippen LogP contribution in [0.4, 0.5) is 5.69 Å². The molecule has 0 radical (unpaired) electrons. The second-order valence-corrected chi connectivity index (χ2v) is 9.99. The van der Waals surface area contributed by atoms with Crippen LogP contribution in [0, 0.1) is 0 Å². The molecule has 3 aromatic carbocycles. The minimum Gasteiger partial charge on any atom is -0.497 e. The first-order valence-corrected chi connectivity index (χ1v) is 12.2. The molecule has 3 aromatic rings. The van der Waals surface area contributed by atoms with E-state index >= 15 is 0 Å². The number of nitrogens with one attached hydrogen (secondary N) is 1. The number of rotatable bonds is 5. The topological polar surface area (TPSA) is 38.3 Å².